The normalized spacial score (nSPS) is 11.0. The highest BCUT2D eigenvalue weighted by atomic mass is 32.2. The number of sulfonamides is 1. The molecule has 0 radical (unpaired) electrons. The molecule has 0 atom stereocenters. The van der Waals surface area contributed by atoms with Crippen LogP contribution in [0.25, 0.3) is 0 Å². The Kier molecular flexibility index (Phi) is 6.17. The van der Waals surface area contributed by atoms with Gasteiger partial charge in [0.05, 0.1) is 24.6 Å². The summed E-state index contributed by atoms with van der Waals surface area (Å²) in [5.74, 6) is -2.01. The number of rotatable bonds is 6. The quantitative estimate of drug-likeness (QED) is 0.759. The fourth-order valence-electron chi connectivity index (χ4n) is 2.46. The minimum absolute atomic E-state index is 0.227. The SMILES string of the molecule is COC(=O)c1cccc(NC(=O)CN(c2ccccc2F)S(C)(=O)=O)c1C. The number of para-hydroxylation sites is 1. The second kappa shape index (κ2) is 8.17. The topological polar surface area (TPSA) is 92.8 Å². The minimum atomic E-state index is -3.91. The van der Waals surface area contributed by atoms with E-state index in [9.17, 15) is 22.4 Å². The molecule has 0 heterocycles. The van der Waals surface area contributed by atoms with Crippen molar-refractivity contribution < 1.29 is 27.1 Å². The Balaban J connectivity index is 2.28. The van der Waals surface area contributed by atoms with Crippen molar-refractivity contribution in [2.24, 2.45) is 0 Å². The molecule has 0 unspecified atom stereocenters. The lowest BCUT2D eigenvalue weighted by molar-refractivity contribution is -0.114. The molecule has 0 bridgehead atoms. The van der Waals surface area contributed by atoms with Crippen LogP contribution in [0.5, 0.6) is 0 Å². The zero-order chi connectivity index (χ0) is 20.2. The van der Waals surface area contributed by atoms with Crippen LogP contribution in [0, 0.1) is 12.7 Å². The Morgan fingerprint density at radius 3 is 2.41 bits per heavy atom. The van der Waals surface area contributed by atoms with Gasteiger partial charge in [0, 0.05) is 5.69 Å². The first kappa shape index (κ1) is 20.4. The number of ether oxygens (including phenoxy) is 1. The number of halogens is 1. The molecule has 9 heteroatoms. The predicted molar refractivity (Wildman–Crippen MR) is 99.7 cm³/mol. The van der Waals surface area contributed by atoms with E-state index < -0.39 is 34.3 Å². The molecule has 2 aromatic rings. The lowest BCUT2D eigenvalue weighted by Gasteiger charge is -2.22. The first-order chi connectivity index (χ1) is 12.6. The molecule has 0 saturated carbocycles. The summed E-state index contributed by atoms with van der Waals surface area (Å²) < 4.78 is 43.4. The van der Waals surface area contributed by atoms with Crippen LogP contribution in [0.15, 0.2) is 42.5 Å². The van der Waals surface area contributed by atoms with Gasteiger partial charge in [-0.2, -0.15) is 0 Å². The molecular formula is C18H19FN2O5S. The molecule has 0 aromatic heterocycles. The van der Waals surface area contributed by atoms with E-state index in [0.29, 0.717) is 15.6 Å². The summed E-state index contributed by atoms with van der Waals surface area (Å²) in [4.78, 5) is 24.1. The van der Waals surface area contributed by atoms with Gasteiger partial charge >= 0.3 is 5.97 Å². The fraction of sp³-hybridized carbons (Fsp3) is 0.222. The van der Waals surface area contributed by atoms with E-state index in [2.05, 4.69) is 10.1 Å². The third-order valence-electron chi connectivity index (χ3n) is 3.82. The number of nitrogens with one attached hydrogen (secondary N) is 1. The van der Waals surface area contributed by atoms with Gasteiger partial charge in [-0.3, -0.25) is 9.10 Å². The molecule has 1 N–H and O–H groups in total. The molecule has 0 aliphatic rings. The molecule has 2 rings (SSSR count). The molecule has 0 aliphatic heterocycles. The molecule has 144 valence electrons. The summed E-state index contributed by atoms with van der Waals surface area (Å²) in [7, 11) is -2.66. The molecule has 2 aromatic carbocycles. The van der Waals surface area contributed by atoms with Gasteiger partial charge in [0.25, 0.3) is 0 Å². The summed E-state index contributed by atoms with van der Waals surface area (Å²) in [6, 6.07) is 9.92. The predicted octanol–water partition coefficient (Wildman–Crippen LogP) is 2.33. The third kappa shape index (κ3) is 4.82. The van der Waals surface area contributed by atoms with Crippen molar-refractivity contribution in [3.8, 4) is 0 Å². The Morgan fingerprint density at radius 2 is 1.81 bits per heavy atom. The van der Waals surface area contributed by atoms with E-state index in [1.54, 1.807) is 25.1 Å². The third-order valence-corrected chi connectivity index (χ3v) is 4.95. The standard InChI is InChI=1S/C18H19FN2O5S/c1-12-13(18(23)26-2)7-6-9-15(12)20-17(22)11-21(27(3,24)25)16-10-5-4-8-14(16)19/h4-10H,11H2,1-3H3,(H,20,22). The summed E-state index contributed by atoms with van der Waals surface area (Å²) >= 11 is 0. The van der Waals surface area contributed by atoms with Crippen LogP contribution in [0.1, 0.15) is 15.9 Å². The van der Waals surface area contributed by atoms with Crippen molar-refractivity contribution in [3.05, 3.63) is 59.4 Å². The van der Waals surface area contributed by atoms with Gasteiger partial charge in [0.1, 0.15) is 12.4 Å². The average Bonchev–Trinajstić information content (AvgIpc) is 2.60. The van der Waals surface area contributed by atoms with Gasteiger partial charge in [0.2, 0.25) is 15.9 Å². The number of benzene rings is 2. The molecule has 1 amide bonds. The lowest BCUT2D eigenvalue weighted by Crippen LogP contribution is -2.38. The molecule has 0 aliphatic carbocycles. The van der Waals surface area contributed by atoms with Crippen LogP contribution in [-0.2, 0) is 19.6 Å². The Labute approximate surface area is 156 Å². The highest BCUT2D eigenvalue weighted by Gasteiger charge is 2.24. The van der Waals surface area contributed by atoms with Crippen molar-refractivity contribution in [3.63, 3.8) is 0 Å². The number of hydrogen-bond donors (Lipinski definition) is 1. The second-order valence-corrected chi connectivity index (χ2v) is 7.65. The van der Waals surface area contributed by atoms with Crippen LogP contribution in [-0.4, -0.2) is 40.2 Å². The van der Waals surface area contributed by atoms with Crippen molar-refractivity contribution in [1.29, 1.82) is 0 Å². The minimum Gasteiger partial charge on any atom is -0.465 e. The van der Waals surface area contributed by atoms with Gasteiger partial charge in [0.15, 0.2) is 0 Å². The highest BCUT2D eigenvalue weighted by molar-refractivity contribution is 7.92. The van der Waals surface area contributed by atoms with E-state index in [-0.39, 0.29) is 11.3 Å². The van der Waals surface area contributed by atoms with Crippen molar-refractivity contribution >= 4 is 33.3 Å². The van der Waals surface area contributed by atoms with Gasteiger partial charge in [-0.05, 0) is 36.8 Å². The van der Waals surface area contributed by atoms with Crippen LogP contribution in [0.4, 0.5) is 15.8 Å². The molecule has 7 nitrogen and oxygen atoms in total. The molecular weight excluding hydrogens is 375 g/mol. The number of hydrogen-bond acceptors (Lipinski definition) is 5. The number of esters is 1. The number of amides is 1. The van der Waals surface area contributed by atoms with Crippen LogP contribution in [0.3, 0.4) is 0 Å². The maximum absolute atomic E-state index is 14.0. The molecule has 0 saturated heterocycles. The highest BCUT2D eigenvalue weighted by Crippen LogP contribution is 2.23. The van der Waals surface area contributed by atoms with Gasteiger partial charge in [-0.1, -0.05) is 18.2 Å². The van der Waals surface area contributed by atoms with E-state index in [0.717, 1.165) is 12.3 Å². The van der Waals surface area contributed by atoms with Gasteiger partial charge < -0.3 is 10.1 Å². The molecule has 0 fully saturated rings. The first-order valence-corrected chi connectivity index (χ1v) is 9.70. The Hall–Kier alpha value is -2.94. The maximum atomic E-state index is 14.0. The zero-order valence-corrected chi connectivity index (χ0v) is 15.8. The maximum Gasteiger partial charge on any atom is 0.338 e. The van der Waals surface area contributed by atoms with E-state index in [1.807, 2.05) is 0 Å². The van der Waals surface area contributed by atoms with Crippen molar-refractivity contribution in [1.82, 2.24) is 0 Å². The van der Waals surface area contributed by atoms with E-state index in [4.69, 9.17) is 0 Å². The van der Waals surface area contributed by atoms with Crippen LogP contribution < -0.4 is 9.62 Å². The van der Waals surface area contributed by atoms with Crippen molar-refractivity contribution in [2.45, 2.75) is 6.92 Å². The number of carbonyl (C=O) groups is 2. The van der Waals surface area contributed by atoms with E-state index in [1.165, 1.54) is 25.3 Å². The average molecular weight is 394 g/mol. The van der Waals surface area contributed by atoms with E-state index >= 15 is 0 Å². The summed E-state index contributed by atoms with van der Waals surface area (Å²) in [5, 5.41) is 2.55. The Morgan fingerprint density at radius 1 is 1.15 bits per heavy atom. The number of nitrogens with zero attached hydrogens (tertiary/aromatic N) is 1. The lowest BCUT2D eigenvalue weighted by atomic mass is 10.1. The Bertz CT molecular complexity index is 975. The summed E-state index contributed by atoms with van der Waals surface area (Å²) in [6.07, 6.45) is 0.885. The van der Waals surface area contributed by atoms with Gasteiger partial charge in [-0.15, -0.1) is 0 Å². The monoisotopic (exact) mass is 394 g/mol. The first-order valence-electron chi connectivity index (χ1n) is 7.85. The van der Waals surface area contributed by atoms with Crippen LogP contribution >= 0.6 is 0 Å². The summed E-state index contributed by atoms with van der Waals surface area (Å²) in [6.45, 7) is 0.995. The molecule has 0 spiro atoms. The largest absolute Gasteiger partial charge is 0.465 e. The molecule has 27 heavy (non-hydrogen) atoms. The number of anilines is 2. The second-order valence-electron chi connectivity index (χ2n) is 5.74. The zero-order valence-electron chi connectivity index (χ0n) is 15.0. The number of carbonyl (C=O) groups excluding carboxylic acids is 2. The van der Waals surface area contributed by atoms with Gasteiger partial charge in [-0.25, -0.2) is 17.6 Å². The fourth-order valence-corrected chi connectivity index (χ4v) is 3.31. The number of methoxy groups -OCH3 is 1. The summed E-state index contributed by atoms with van der Waals surface area (Å²) in [5.41, 5.74) is 0.832. The van der Waals surface area contributed by atoms with Crippen LogP contribution in [0.2, 0.25) is 0 Å². The van der Waals surface area contributed by atoms with Crippen molar-refractivity contribution in [2.75, 3.05) is 29.5 Å². The smallest absolute Gasteiger partial charge is 0.338 e.